The van der Waals surface area contributed by atoms with Gasteiger partial charge in [-0.05, 0) is 0 Å². The van der Waals surface area contributed by atoms with Gasteiger partial charge in [0.05, 0.1) is 25.9 Å². The molecular formula is C20H23N10O16P3-2. The van der Waals surface area contributed by atoms with Gasteiger partial charge in [-0.2, -0.15) is 9.97 Å². The minimum absolute atomic E-state index is 0.172. The summed E-state index contributed by atoms with van der Waals surface area (Å²) in [5.74, 6) is -0.663. The van der Waals surface area contributed by atoms with Gasteiger partial charge in [-0.3, -0.25) is 37.8 Å². The molecule has 0 radical (unpaired) electrons. The van der Waals surface area contributed by atoms with E-state index in [-0.39, 0.29) is 34.2 Å². The molecule has 49 heavy (non-hydrogen) atoms. The zero-order valence-electron chi connectivity index (χ0n) is 24.0. The lowest BCUT2D eigenvalue weighted by Gasteiger charge is -2.35. The summed E-state index contributed by atoms with van der Waals surface area (Å²) in [5, 5.41) is 11.1. The molecule has 3 saturated heterocycles. The Kier molecular flexibility index (Phi) is 8.71. The highest BCUT2D eigenvalue weighted by Crippen LogP contribution is 2.52. The summed E-state index contributed by atoms with van der Waals surface area (Å²) < 4.78 is 65.4. The molecule has 4 unspecified atom stereocenters. The van der Waals surface area contributed by atoms with Gasteiger partial charge in [0.2, 0.25) is 11.9 Å². The summed E-state index contributed by atoms with van der Waals surface area (Å²) in [7, 11) is -14.2. The first-order valence-corrected chi connectivity index (χ1v) is 17.8. The fourth-order valence-electron chi connectivity index (χ4n) is 5.58. The number of anilines is 2. The van der Waals surface area contributed by atoms with Crippen LogP contribution in [-0.2, 0) is 41.2 Å². The van der Waals surface area contributed by atoms with Gasteiger partial charge in [0.15, 0.2) is 34.8 Å². The van der Waals surface area contributed by atoms with Crippen molar-refractivity contribution in [3.05, 3.63) is 33.4 Å². The lowest BCUT2D eigenvalue weighted by molar-refractivity contribution is -0.244. The highest BCUT2D eigenvalue weighted by Gasteiger charge is 2.53. The third kappa shape index (κ3) is 6.42. The number of hydrogen-bond acceptors (Lipinski definition) is 22. The number of fused-ring (bicyclic) bond motifs is 4. The number of nitrogens with two attached hydrogens (primary N) is 2. The van der Waals surface area contributed by atoms with Gasteiger partial charge >= 0.3 is 8.60 Å². The van der Waals surface area contributed by atoms with Gasteiger partial charge in [-0.1, -0.05) is 0 Å². The lowest BCUT2D eigenvalue weighted by atomic mass is 10.1. The molecule has 3 aliphatic rings. The number of phosphoric acid groups is 2. The molecule has 26 nitrogen and oxygen atoms in total. The highest BCUT2D eigenvalue weighted by atomic mass is 31.2. The van der Waals surface area contributed by atoms with E-state index in [1.165, 1.54) is 0 Å². The van der Waals surface area contributed by atoms with Crippen LogP contribution in [0.1, 0.15) is 12.5 Å². The van der Waals surface area contributed by atoms with E-state index < -0.39 is 97.7 Å². The molecule has 0 bridgehead atoms. The van der Waals surface area contributed by atoms with E-state index in [1.807, 2.05) is 0 Å². The molecule has 266 valence electrons. The number of rotatable bonds is 4. The van der Waals surface area contributed by atoms with Crippen LogP contribution in [0.25, 0.3) is 22.3 Å². The molecule has 0 saturated carbocycles. The molecule has 0 aromatic carbocycles. The van der Waals surface area contributed by atoms with Crippen molar-refractivity contribution in [1.82, 2.24) is 39.0 Å². The zero-order chi connectivity index (χ0) is 35.0. The molecule has 10 atom stereocenters. The second-order valence-corrected chi connectivity index (χ2v) is 14.1. The third-order valence-electron chi connectivity index (χ3n) is 7.56. The standard InChI is InChI=1S/C20H25N10O16P3/c21-19-25-13-7(15(32)27-19)23-3-29(13)17-9(31)10-5(42-17)1-40-49(38,39)46-11-6(2-41-48(36,37)45-10)43-18(12(11)44-47(34)35)30-4-24-8-14(30)26-20(22)28-16(8)33/h3-6,9-12,17-18,31,34-35H,1-2H2,(H,36,37)(H,38,39)(H3,21,25,27,32)(H3,22,26,28,33)/p-2/t5-,6-,9?,10-,11?,12-,17+,18+/m0/s1. The normalized spacial score (nSPS) is 35.7. The summed E-state index contributed by atoms with van der Waals surface area (Å²) in [4.78, 5) is 90.5. The fourth-order valence-corrected chi connectivity index (χ4v) is 7.91. The number of imidazole rings is 2. The maximum Gasteiger partial charge on any atom is 0.327 e. The van der Waals surface area contributed by atoms with Crippen molar-refractivity contribution in [2.45, 2.75) is 49.1 Å². The molecule has 7 heterocycles. The quantitative estimate of drug-likeness (QED) is 0.0974. The second kappa shape index (κ2) is 12.5. The molecule has 7 rings (SSSR count). The first kappa shape index (κ1) is 34.2. The molecule has 0 spiro atoms. The minimum atomic E-state index is -5.48. The molecule has 4 aromatic rings. The summed E-state index contributed by atoms with van der Waals surface area (Å²) >= 11 is 0. The average molecular weight is 752 g/mol. The van der Waals surface area contributed by atoms with Crippen molar-refractivity contribution in [2.24, 2.45) is 0 Å². The number of aromatic nitrogens is 8. The second-order valence-electron chi connectivity index (χ2n) is 10.6. The van der Waals surface area contributed by atoms with Crippen molar-refractivity contribution < 1.29 is 65.9 Å². The van der Waals surface area contributed by atoms with Crippen LogP contribution in [0.5, 0.6) is 0 Å². The zero-order valence-corrected chi connectivity index (χ0v) is 26.7. The van der Waals surface area contributed by atoms with Crippen LogP contribution in [0.2, 0.25) is 0 Å². The number of ether oxygens (including phenoxy) is 2. The Morgan fingerprint density at radius 3 is 1.86 bits per heavy atom. The fraction of sp³-hybridized carbons (Fsp3) is 0.500. The Hall–Kier alpha value is -3.29. The molecule has 3 aliphatic heterocycles. The Morgan fingerprint density at radius 2 is 1.33 bits per heavy atom. The number of nitrogens with zero attached hydrogens (tertiary/aromatic N) is 6. The summed E-state index contributed by atoms with van der Waals surface area (Å²) in [5.41, 5.74) is 8.93. The minimum Gasteiger partial charge on any atom is -0.756 e. The predicted molar refractivity (Wildman–Crippen MR) is 152 cm³/mol. The summed E-state index contributed by atoms with van der Waals surface area (Å²) in [6.45, 7) is -2.05. The topological polar surface area (TPSA) is 385 Å². The number of aliphatic hydroxyl groups is 1. The summed E-state index contributed by atoms with van der Waals surface area (Å²) in [6.07, 6.45) is -11.9. The van der Waals surface area contributed by atoms with Crippen molar-refractivity contribution in [3.8, 4) is 0 Å². The number of H-pyrrole nitrogens is 2. The van der Waals surface area contributed by atoms with E-state index in [0.717, 1.165) is 21.8 Å². The molecule has 3 fully saturated rings. The number of nitrogen functional groups attached to an aromatic ring is 2. The Bertz CT molecular complexity index is 2120. The van der Waals surface area contributed by atoms with Crippen LogP contribution in [0.4, 0.5) is 11.9 Å². The third-order valence-corrected chi connectivity index (χ3v) is 9.92. The smallest absolute Gasteiger partial charge is 0.327 e. The Labute approximate surface area is 270 Å². The van der Waals surface area contributed by atoms with Crippen molar-refractivity contribution in [1.29, 1.82) is 0 Å². The van der Waals surface area contributed by atoms with Gasteiger partial charge in [0.25, 0.3) is 26.8 Å². The van der Waals surface area contributed by atoms with E-state index in [1.54, 1.807) is 0 Å². The van der Waals surface area contributed by atoms with Crippen molar-refractivity contribution >= 4 is 58.5 Å². The number of phosphoric ester groups is 2. The van der Waals surface area contributed by atoms with E-state index in [2.05, 4.69) is 29.9 Å². The van der Waals surface area contributed by atoms with Crippen molar-refractivity contribution in [2.75, 3.05) is 24.7 Å². The summed E-state index contributed by atoms with van der Waals surface area (Å²) in [6, 6.07) is 0. The lowest BCUT2D eigenvalue weighted by Crippen LogP contribution is -2.41. The van der Waals surface area contributed by atoms with Crippen LogP contribution in [0.3, 0.4) is 0 Å². The first-order valence-electron chi connectivity index (χ1n) is 13.7. The van der Waals surface area contributed by atoms with Crippen molar-refractivity contribution in [3.63, 3.8) is 0 Å². The van der Waals surface area contributed by atoms with E-state index in [0.29, 0.717) is 0 Å². The van der Waals surface area contributed by atoms with Crippen LogP contribution in [-0.4, -0.2) is 104 Å². The number of aliphatic hydroxyl groups excluding tert-OH is 1. The molecule has 9 N–H and O–H groups in total. The van der Waals surface area contributed by atoms with Gasteiger partial charge in [-0.15, -0.1) is 0 Å². The van der Waals surface area contributed by atoms with Crippen LogP contribution >= 0.6 is 24.2 Å². The van der Waals surface area contributed by atoms with E-state index in [4.69, 9.17) is 43.6 Å². The number of nitrogens with one attached hydrogen (secondary N) is 2. The molecular weight excluding hydrogens is 729 g/mol. The SMILES string of the molecule is Nc1nc2c(ncn2[C@@H]2O[C@H]3COP(=O)([O-])OC4[C@H](COP(=O)([O-])O[C@@H]3C2O)O[C@@H](n2cnc3c(=O)[nH]c(N)nc32)[C@H]4OP(O)O)c(=O)[nH]1. The number of aromatic amines is 2. The van der Waals surface area contributed by atoms with Crippen LogP contribution in [0.15, 0.2) is 22.2 Å². The van der Waals surface area contributed by atoms with E-state index >= 15 is 0 Å². The molecule has 4 aromatic heterocycles. The maximum atomic E-state index is 13.2. The molecule has 0 amide bonds. The largest absolute Gasteiger partial charge is 0.756 e. The Morgan fingerprint density at radius 1 is 0.857 bits per heavy atom. The Balaban J connectivity index is 1.21. The monoisotopic (exact) mass is 752 g/mol. The van der Waals surface area contributed by atoms with Gasteiger partial charge < -0.3 is 68.2 Å². The maximum absolute atomic E-state index is 13.2. The van der Waals surface area contributed by atoms with Crippen LogP contribution < -0.4 is 32.4 Å². The average Bonchev–Trinajstić information content (AvgIpc) is 3.76. The van der Waals surface area contributed by atoms with Crippen LogP contribution in [0, 0.1) is 0 Å². The highest BCUT2D eigenvalue weighted by molar-refractivity contribution is 7.46. The van der Waals surface area contributed by atoms with Gasteiger partial charge in [0, 0.05) is 0 Å². The van der Waals surface area contributed by atoms with E-state index in [9.17, 15) is 43.4 Å². The van der Waals surface area contributed by atoms with Gasteiger partial charge in [-0.25, -0.2) is 9.97 Å². The number of hydrogen-bond donors (Lipinski definition) is 7. The first-order chi connectivity index (χ1) is 23.1. The molecule has 29 heteroatoms. The van der Waals surface area contributed by atoms with Gasteiger partial charge in [0.1, 0.15) is 36.6 Å². The molecule has 0 aliphatic carbocycles. The predicted octanol–water partition coefficient (Wildman–Crippen LogP) is -4.08.